The zero-order valence-electron chi connectivity index (χ0n) is 8.53. The van der Waals surface area contributed by atoms with Crippen molar-refractivity contribution in [3.05, 3.63) is 28.5 Å². The fourth-order valence-electron chi connectivity index (χ4n) is 0.897. The largest absolute Gasteiger partial charge is 0.452 e. The first-order valence-electron chi connectivity index (χ1n) is 4.17. The van der Waals surface area contributed by atoms with Crippen LogP contribution in [-0.4, -0.2) is 21.6 Å². The third-order valence-electron chi connectivity index (χ3n) is 1.58. The van der Waals surface area contributed by atoms with Crippen LogP contribution in [0.5, 0.6) is 0 Å². The molecule has 94 valence electrons. The normalized spacial score (nSPS) is 10.8. The molecule has 0 radical (unpaired) electrons. The molecule has 1 aromatic carbocycles. The lowest BCUT2D eigenvalue weighted by Gasteiger charge is -2.09. The summed E-state index contributed by atoms with van der Waals surface area (Å²) in [4.78, 5) is 10.7. The zero-order valence-corrected chi connectivity index (χ0v) is 10.9. The molecule has 1 amide bonds. The first-order valence-corrected chi connectivity index (χ1v) is 6.45. The van der Waals surface area contributed by atoms with E-state index in [1.807, 2.05) is 4.72 Å². The summed E-state index contributed by atoms with van der Waals surface area (Å²) in [6.07, 6.45) is -1.15. The first kappa shape index (κ1) is 13.7. The average molecular weight is 327 g/mol. The first-order chi connectivity index (χ1) is 7.84. The van der Waals surface area contributed by atoms with Crippen molar-refractivity contribution >= 4 is 37.9 Å². The molecule has 0 saturated carbocycles. The molecule has 0 aliphatic carbocycles. The molecular weight excluding hydrogens is 319 g/mol. The highest BCUT2D eigenvalue weighted by Crippen LogP contribution is 2.23. The number of carbonyl (C=O) groups is 1. The summed E-state index contributed by atoms with van der Waals surface area (Å²) in [5.41, 5.74) is -0.0404. The van der Waals surface area contributed by atoms with Gasteiger partial charge in [0.25, 0.3) is 0 Å². The molecule has 1 aromatic rings. The minimum absolute atomic E-state index is 0.0404. The highest BCUT2D eigenvalue weighted by molar-refractivity contribution is 9.10. The molecule has 0 atom stereocenters. The van der Waals surface area contributed by atoms with E-state index in [0.29, 0.717) is 4.47 Å². The Morgan fingerprint density at radius 2 is 2.12 bits per heavy atom. The number of methoxy groups -OCH3 is 1. The summed E-state index contributed by atoms with van der Waals surface area (Å²) >= 11 is 3.03. The fourth-order valence-corrected chi connectivity index (χ4v) is 2.19. The summed E-state index contributed by atoms with van der Waals surface area (Å²) < 4.78 is 43.6. The van der Waals surface area contributed by atoms with Crippen molar-refractivity contribution < 1.29 is 22.3 Å². The summed E-state index contributed by atoms with van der Waals surface area (Å²) in [6.45, 7) is 0. The number of hydrogen-bond donors (Lipinski definition) is 2. The van der Waals surface area contributed by atoms with E-state index in [1.54, 1.807) is 4.72 Å². The maximum atomic E-state index is 12.9. The highest BCUT2D eigenvalue weighted by atomic mass is 79.9. The Hall–Kier alpha value is -1.35. The van der Waals surface area contributed by atoms with E-state index < -0.39 is 22.1 Å². The van der Waals surface area contributed by atoms with E-state index in [4.69, 9.17) is 0 Å². The van der Waals surface area contributed by atoms with E-state index in [1.165, 1.54) is 6.07 Å². The lowest BCUT2D eigenvalue weighted by atomic mass is 10.3. The molecule has 0 aliphatic rings. The van der Waals surface area contributed by atoms with E-state index in [0.717, 1.165) is 19.2 Å². The molecule has 17 heavy (non-hydrogen) atoms. The molecular formula is C8H8BrFN2O4S. The van der Waals surface area contributed by atoms with Gasteiger partial charge in [-0.15, -0.1) is 0 Å². The van der Waals surface area contributed by atoms with Crippen molar-refractivity contribution in [1.82, 2.24) is 4.72 Å². The molecule has 0 aromatic heterocycles. The van der Waals surface area contributed by atoms with Crippen LogP contribution in [0.4, 0.5) is 14.9 Å². The summed E-state index contributed by atoms with van der Waals surface area (Å²) in [5, 5.41) is 0. The SMILES string of the molecule is COC(=O)NS(=O)(=O)Nc1cc(F)ccc1Br. The van der Waals surface area contributed by atoms with Gasteiger partial charge in [-0.05, 0) is 34.1 Å². The second-order valence-corrected chi connectivity index (χ2v) is 5.09. The van der Waals surface area contributed by atoms with Gasteiger partial charge >= 0.3 is 16.3 Å². The molecule has 2 N–H and O–H groups in total. The van der Waals surface area contributed by atoms with Gasteiger partial charge in [0.05, 0.1) is 12.8 Å². The van der Waals surface area contributed by atoms with Gasteiger partial charge in [-0.1, -0.05) is 0 Å². The summed E-state index contributed by atoms with van der Waals surface area (Å²) in [7, 11) is -3.14. The number of benzene rings is 1. The molecule has 9 heteroatoms. The number of ether oxygens (including phenoxy) is 1. The molecule has 0 fully saturated rings. The minimum atomic E-state index is -4.16. The second kappa shape index (κ2) is 5.32. The Labute approximate surface area is 105 Å². The Morgan fingerprint density at radius 3 is 2.71 bits per heavy atom. The number of carbonyl (C=O) groups excluding carboxylic acids is 1. The maximum absolute atomic E-state index is 12.9. The maximum Gasteiger partial charge on any atom is 0.422 e. The van der Waals surface area contributed by atoms with Crippen molar-refractivity contribution in [3.8, 4) is 0 Å². The van der Waals surface area contributed by atoms with Crippen molar-refractivity contribution in [1.29, 1.82) is 0 Å². The zero-order chi connectivity index (χ0) is 13.1. The molecule has 1 rings (SSSR count). The monoisotopic (exact) mass is 326 g/mol. The highest BCUT2D eigenvalue weighted by Gasteiger charge is 2.16. The standard InChI is InChI=1S/C8H8BrFN2O4S/c1-16-8(13)12-17(14,15)11-7-4-5(10)2-3-6(7)9/h2-4,11H,1H3,(H,12,13). The van der Waals surface area contributed by atoms with Crippen LogP contribution in [0.2, 0.25) is 0 Å². The van der Waals surface area contributed by atoms with Gasteiger partial charge in [-0.25, -0.2) is 13.9 Å². The average Bonchev–Trinajstić information content (AvgIpc) is 2.22. The van der Waals surface area contributed by atoms with Gasteiger partial charge in [0, 0.05) is 4.47 Å². The van der Waals surface area contributed by atoms with E-state index in [9.17, 15) is 17.6 Å². The third kappa shape index (κ3) is 4.19. The molecule has 0 bridgehead atoms. The summed E-state index contributed by atoms with van der Waals surface area (Å²) in [5.74, 6) is -0.621. The fraction of sp³-hybridized carbons (Fsp3) is 0.125. The molecule has 6 nitrogen and oxygen atoms in total. The number of rotatable bonds is 3. The Balaban J connectivity index is 2.90. The van der Waals surface area contributed by atoms with Gasteiger partial charge in [0.15, 0.2) is 0 Å². The van der Waals surface area contributed by atoms with Gasteiger partial charge in [0.2, 0.25) is 0 Å². The van der Waals surface area contributed by atoms with Crippen LogP contribution in [0.1, 0.15) is 0 Å². The lowest BCUT2D eigenvalue weighted by Crippen LogP contribution is -2.35. The van der Waals surface area contributed by atoms with Crippen molar-refractivity contribution in [3.63, 3.8) is 0 Å². The number of nitrogens with one attached hydrogen (secondary N) is 2. The van der Waals surface area contributed by atoms with Crippen LogP contribution in [0.25, 0.3) is 0 Å². The van der Waals surface area contributed by atoms with Crippen LogP contribution in [0.15, 0.2) is 22.7 Å². The number of anilines is 1. The van der Waals surface area contributed by atoms with Gasteiger partial charge < -0.3 is 4.74 Å². The van der Waals surface area contributed by atoms with Gasteiger partial charge in [0.1, 0.15) is 5.82 Å². The minimum Gasteiger partial charge on any atom is -0.452 e. The van der Waals surface area contributed by atoms with E-state index in [2.05, 4.69) is 20.7 Å². The quantitative estimate of drug-likeness (QED) is 0.883. The van der Waals surface area contributed by atoms with Crippen LogP contribution in [0, 0.1) is 5.82 Å². The Kier molecular flexibility index (Phi) is 4.29. The Morgan fingerprint density at radius 1 is 1.47 bits per heavy atom. The van der Waals surface area contributed by atoms with Gasteiger partial charge in [-0.3, -0.25) is 4.72 Å². The molecule has 0 aliphatic heterocycles. The van der Waals surface area contributed by atoms with Crippen LogP contribution in [-0.2, 0) is 14.9 Å². The topological polar surface area (TPSA) is 84.5 Å². The van der Waals surface area contributed by atoms with Crippen LogP contribution in [0.3, 0.4) is 0 Å². The van der Waals surface area contributed by atoms with Crippen molar-refractivity contribution in [2.45, 2.75) is 0 Å². The molecule has 0 heterocycles. The van der Waals surface area contributed by atoms with Crippen molar-refractivity contribution in [2.24, 2.45) is 0 Å². The van der Waals surface area contributed by atoms with E-state index >= 15 is 0 Å². The van der Waals surface area contributed by atoms with Crippen LogP contribution >= 0.6 is 15.9 Å². The van der Waals surface area contributed by atoms with E-state index in [-0.39, 0.29) is 5.69 Å². The third-order valence-corrected chi connectivity index (χ3v) is 3.19. The number of hydrogen-bond acceptors (Lipinski definition) is 4. The van der Waals surface area contributed by atoms with Gasteiger partial charge in [-0.2, -0.15) is 8.42 Å². The smallest absolute Gasteiger partial charge is 0.422 e. The predicted molar refractivity (Wildman–Crippen MR) is 62.2 cm³/mol. The molecule has 0 saturated heterocycles. The summed E-state index contributed by atoms with van der Waals surface area (Å²) in [6, 6.07) is 3.43. The predicted octanol–water partition coefficient (Wildman–Crippen LogP) is 1.60. The second-order valence-electron chi connectivity index (χ2n) is 2.82. The molecule has 0 spiro atoms. The van der Waals surface area contributed by atoms with Crippen LogP contribution < -0.4 is 9.44 Å². The Bertz CT molecular complexity index is 534. The van der Waals surface area contributed by atoms with Crippen molar-refractivity contribution in [2.75, 3.05) is 11.8 Å². The number of halogens is 2. The number of amides is 1. The molecule has 0 unspecified atom stereocenters. The lowest BCUT2D eigenvalue weighted by molar-refractivity contribution is 0.177.